The zero-order valence-corrected chi connectivity index (χ0v) is 22.1. The molecule has 0 aromatic heterocycles. The molecule has 0 heterocycles. The summed E-state index contributed by atoms with van der Waals surface area (Å²) in [6.45, 7) is 13.9. The molecular formula is C28H41NO6. The second-order valence-corrected chi connectivity index (χ2v) is 6.81. The van der Waals surface area contributed by atoms with Gasteiger partial charge in [0.2, 0.25) is 0 Å². The van der Waals surface area contributed by atoms with Crippen LogP contribution in [-0.4, -0.2) is 41.7 Å². The monoisotopic (exact) mass is 487 g/mol. The van der Waals surface area contributed by atoms with Crippen molar-refractivity contribution in [1.82, 2.24) is 0 Å². The van der Waals surface area contributed by atoms with E-state index in [0.29, 0.717) is 36.8 Å². The Morgan fingerprint density at radius 3 is 2.26 bits per heavy atom. The normalized spacial score (nSPS) is 14.0. The second-order valence-electron chi connectivity index (χ2n) is 6.81. The van der Waals surface area contributed by atoms with Gasteiger partial charge >= 0.3 is 5.97 Å². The van der Waals surface area contributed by atoms with Crippen LogP contribution >= 0.6 is 0 Å². The molecule has 1 aromatic rings. The maximum atomic E-state index is 10.8. The highest BCUT2D eigenvalue weighted by Gasteiger charge is 2.12. The number of carbonyl (C=O) groups is 1. The van der Waals surface area contributed by atoms with Crippen LogP contribution < -0.4 is 9.47 Å². The lowest BCUT2D eigenvalue weighted by Crippen LogP contribution is -2.22. The molecule has 0 bridgehead atoms. The molecule has 0 aliphatic heterocycles. The Labute approximate surface area is 210 Å². The number of rotatable bonds is 11. The molecule has 35 heavy (non-hydrogen) atoms. The first-order valence-electron chi connectivity index (χ1n) is 12.1. The molecule has 1 aliphatic rings. The maximum absolute atomic E-state index is 10.8. The van der Waals surface area contributed by atoms with Gasteiger partial charge in [0, 0.05) is 12.6 Å². The Morgan fingerprint density at radius 1 is 1.06 bits per heavy atom. The summed E-state index contributed by atoms with van der Waals surface area (Å²) in [6, 6.07) is 6.70. The SMILES string of the molecule is CC.CC.CCOC1=CC=C(C=N/C(CCOc2ccc(OC(C)C(=O)O)cc2)=C(/C)O)CC=C1. The van der Waals surface area contributed by atoms with Gasteiger partial charge in [0.05, 0.1) is 18.9 Å². The number of aliphatic hydroxyl groups excluding tert-OH is 1. The number of hydrogen-bond acceptors (Lipinski definition) is 6. The number of benzene rings is 1. The van der Waals surface area contributed by atoms with E-state index < -0.39 is 12.1 Å². The number of hydrogen-bond donors (Lipinski definition) is 2. The van der Waals surface area contributed by atoms with Gasteiger partial charge in [-0.3, -0.25) is 4.99 Å². The van der Waals surface area contributed by atoms with Crippen molar-refractivity contribution in [2.75, 3.05) is 13.2 Å². The van der Waals surface area contributed by atoms with Gasteiger partial charge in [-0.25, -0.2) is 4.79 Å². The van der Waals surface area contributed by atoms with Gasteiger partial charge in [0.25, 0.3) is 0 Å². The second kappa shape index (κ2) is 18.9. The van der Waals surface area contributed by atoms with Crippen molar-refractivity contribution in [3.63, 3.8) is 0 Å². The van der Waals surface area contributed by atoms with Crippen molar-refractivity contribution >= 4 is 12.2 Å². The molecule has 7 heteroatoms. The van der Waals surface area contributed by atoms with E-state index in [-0.39, 0.29) is 5.76 Å². The average Bonchev–Trinajstić information content (AvgIpc) is 3.10. The van der Waals surface area contributed by atoms with Crippen LogP contribution in [0.4, 0.5) is 0 Å². The van der Waals surface area contributed by atoms with Crippen LogP contribution in [0.3, 0.4) is 0 Å². The minimum absolute atomic E-state index is 0.140. The van der Waals surface area contributed by atoms with Crippen molar-refractivity contribution in [1.29, 1.82) is 0 Å². The Hall–Kier alpha value is -3.48. The zero-order valence-electron chi connectivity index (χ0n) is 22.1. The van der Waals surface area contributed by atoms with Crippen LogP contribution in [0.15, 0.2) is 76.4 Å². The van der Waals surface area contributed by atoms with E-state index in [2.05, 4.69) is 4.99 Å². The third-order valence-electron chi connectivity index (χ3n) is 4.30. The zero-order chi connectivity index (χ0) is 26.6. The van der Waals surface area contributed by atoms with E-state index in [4.69, 9.17) is 19.3 Å². The first kappa shape index (κ1) is 31.5. The molecule has 0 amide bonds. The number of allylic oxidation sites excluding steroid dienone is 6. The molecule has 1 atom stereocenters. The summed E-state index contributed by atoms with van der Waals surface area (Å²) >= 11 is 0. The van der Waals surface area contributed by atoms with Crippen LogP contribution in [0.25, 0.3) is 0 Å². The predicted octanol–water partition coefficient (Wildman–Crippen LogP) is 7.03. The lowest BCUT2D eigenvalue weighted by molar-refractivity contribution is -0.144. The van der Waals surface area contributed by atoms with Gasteiger partial charge in [0.1, 0.15) is 23.0 Å². The number of nitrogens with zero attached hydrogens (tertiary/aromatic N) is 1. The number of carboxylic acid groups (broad SMARTS) is 1. The first-order chi connectivity index (χ1) is 16.9. The Morgan fingerprint density at radius 2 is 1.69 bits per heavy atom. The molecular weight excluding hydrogens is 446 g/mol. The highest BCUT2D eigenvalue weighted by atomic mass is 16.5. The fraction of sp³-hybridized carbons (Fsp3) is 0.429. The third kappa shape index (κ3) is 13.1. The van der Waals surface area contributed by atoms with Crippen LogP contribution in [0.5, 0.6) is 11.5 Å². The fourth-order valence-electron chi connectivity index (χ4n) is 2.62. The lowest BCUT2D eigenvalue weighted by Gasteiger charge is -2.11. The summed E-state index contributed by atoms with van der Waals surface area (Å²) in [6.07, 6.45) is 9.75. The van der Waals surface area contributed by atoms with Crippen LogP contribution in [0.2, 0.25) is 0 Å². The van der Waals surface area contributed by atoms with E-state index in [1.165, 1.54) is 6.92 Å². The van der Waals surface area contributed by atoms with Crippen molar-refractivity contribution < 1.29 is 29.2 Å². The summed E-state index contributed by atoms with van der Waals surface area (Å²) < 4.78 is 16.5. The molecule has 0 radical (unpaired) electrons. The number of aliphatic imine (C=N–C) groups is 1. The molecule has 2 N–H and O–H groups in total. The van der Waals surface area contributed by atoms with Crippen molar-refractivity contribution in [3.05, 3.63) is 71.4 Å². The molecule has 1 aromatic carbocycles. The van der Waals surface area contributed by atoms with Crippen molar-refractivity contribution in [2.24, 2.45) is 4.99 Å². The van der Waals surface area contributed by atoms with E-state index in [1.807, 2.05) is 58.9 Å². The Kier molecular flexibility index (Phi) is 17.0. The molecule has 0 saturated carbocycles. The molecule has 0 fully saturated rings. The largest absolute Gasteiger partial charge is 0.511 e. The molecule has 2 rings (SSSR count). The summed E-state index contributed by atoms with van der Waals surface area (Å²) in [4.78, 5) is 15.3. The maximum Gasteiger partial charge on any atom is 0.344 e. The quantitative estimate of drug-likeness (QED) is 0.257. The van der Waals surface area contributed by atoms with E-state index in [1.54, 1.807) is 37.4 Å². The van der Waals surface area contributed by atoms with Crippen LogP contribution in [0, 0.1) is 0 Å². The minimum Gasteiger partial charge on any atom is -0.511 e. The highest BCUT2D eigenvalue weighted by Crippen LogP contribution is 2.20. The molecule has 194 valence electrons. The number of carboxylic acids is 1. The fourth-order valence-corrected chi connectivity index (χ4v) is 2.62. The van der Waals surface area contributed by atoms with Gasteiger partial charge in [-0.15, -0.1) is 0 Å². The summed E-state index contributed by atoms with van der Waals surface area (Å²) in [5, 5.41) is 18.8. The summed E-state index contributed by atoms with van der Waals surface area (Å²) in [7, 11) is 0. The van der Waals surface area contributed by atoms with Gasteiger partial charge in [0.15, 0.2) is 6.10 Å². The average molecular weight is 488 g/mol. The molecule has 0 spiro atoms. The van der Waals surface area contributed by atoms with Crippen molar-refractivity contribution in [3.8, 4) is 11.5 Å². The van der Waals surface area contributed by atoms with E-state index in [9.17, 15) is 9.90 Å². The molecule has 7 nitrogen and oxygen atoms in total. The van der Waals surface area contributed by atoms with Gasteiger partial charge < -0.3 is 24.4 Å². The van der Waals surface area contributed by atoms with Gasteiger partial charge in [-0.05, 0) is 69.2 Å². The van der Waals surface area contributed by atoms with Crippen molar-refractivity contribution in [2.45, 2.75) is 67.4 Å². The Balaban J connectivity index is 0.00000274. The van der Waals surface area contributed by atoms with Gasteiger partial charge in [-0.2, -0.15) is 0 Å². The number of ether oxygens (including phenoxy) is 3. The van der Waals surface area contributed by atoms with E-state index in [0.717, 1.165) is 17.8 Å². The van der Waals surface area contributed by atoms with Crippen LogP contribution in [-0.2, 0) is 9.53 Å². The Bertz CT molecular complexity index is 891. The van der Waals surface area contributed by atoms with Gasteiger partial charge in [-0.1, -0.05) is 39.8 Å². The molecule has 1 unspecified atom stereocenters. The first-order valence-corrected chi connectivity index (χ1v) is 12.1. The third-order valence-corrected chi connectivity index (χ3v) is 4.30. The topological polar surface area (TPSA) is 97.6 Å². The highest BCUT2D eigenvalue weighted by molar-refractivity contribution is 5.80. The molecule has 0 saturated heterocycles. The summed E-state index contributed by atoms with van der Waals surface area (Å²) in [5.41, 5.74) is 1.54. The summed E-state index contributed by atoms with van der Waals surface area (Å²) in [5.74, 6) is 0.982. The standard InChI is InChI=1S/C24H29NO6.2C2H6/c1-4-29-20-7-5-6-19(8-9-20)16-25-23(17(2)26)14-15-30-21-10-12-22(13-11-21)31-18(3)24(27)28;2*1-2/h5,7-13,16,18,26H,4,6,14-15H2,1-3H3,(H,27,28);2*1-2H3/b23-17-,25-16?;;. The van der Waals surface area contributed by atoms with Crippen LogP contribution in [0.1, 0.15) is 61.3 Å². The lowest BCUT2D eigenvalue weighted by atomic mass is 10.2. The smallest absolute Gasteiger partial charge is 0.344 e. The molecule has 1 aliphatic carbocycles. The predicted molar refractivity (Wildman–Crippen MR) is 142 cm³/mol. The number of aliphatic carboxylic acids is 1. The number of aliphatic hydroxyl groups is 1. The van der Waals surface area contributed by atoms with E-state index >= 15 is 0 Å². The minimum atomic E-state index is -1.03.